The Kier molecular flexibility index (Phi) is 4.47. The molecule has 6 nitrogen and oxygen atoms in total. The lowest BCUT2D eigenvalue weighted by Gasteiger charge is -2.12. The number of H-pyrrole nitrogens is 1. The molecule has 0 aliphatic carbocycles. The second-order valence-electron chi connectivity index (χ2n) is 4.69. The summed E-state index contributed by atoms with van der Waals surface area (Å²) in [6, 6.07) is 5.02. The van der Waals surface area contributed by atoms with Crippen LogP contribution in [0.15, 0.2) is 24.4 Å². The molecule has 0 fully saturated rings. The lowest BCUT2D eigenvalue weighted by molar-refractivity contribution is -0.122. The molecule has 2 rings (SSSR count). The van der Waals surface area contributed by atoms with E-state index in [2.05, 4.69) is 20.5 Å². The number of hydrogen-bond acceptors (Lipinski definition) is 4. The molecule has 1 unspecified atom stereocenters. The fraction of sp³-hybridized carbons (Fsp3) is 0.357. The van der Waals surface area contributed by atoms with Gasteiger partial charge in [0, 0.05) is 36.1 Å². The summed E-state index contributed by atoms with van der Waals surface area (Å²) >= 11 is 0. The van der Waals surface area contributed by atoms with Gasteiger partial charge in [-0.2, -0.15) is 5.10 Å². The van der Waals surface area contributed by atoms with Gasteiger partial charge in [-0.15, -0.1) is 0 Å². The van der Waals surface area contributed by atoms with Gasteiger partial charge >= 0.3 is 0 Å². The highest BCUT2D eigenvalue weighted by Crippen LogP contribution is 2.17. The van der Waals surface area contributed by atoms with Gasteiger partial charge in [-0.05, 0) is 26.0 Å². The topological polar surface area (TPSA) is 96.7 Å². The molecule has 0 radical (unpaired) electrons. The minimum Gasteiger partial charge on any atom is -0.354 e. The number of pyridine rings is 1. The van der Waals surface area contributed by atoms with Crippen molar-refractivity contribution in [2.24, 2.45) is 5.73 Å². The number of amides is 1. The summed E-state index contributed by atoms with van der Waals surface area (Å²) < 4.78 is 0. The number of nitrogens with zero attached hydrogens (tertiary/aromatic N) is 2. The van der Waals surface area contributed by atoms with Crippen molar-refractivity contribution in [2.45, 2.75) is 26.3 Å². The van der Waals surface area contributed by atoms with Crippen molar-refractivity contribution in [3.05, 3.63) is 47.0 Å². The minimum atomic E-state index is -0.697. The van der Waals surface area contributed by atoms with Crippen LogP contribution in [0.5, 0.6) is 0 Å². The molecule has 1 amide bonds. The van der Waals surface area contributed by atoms with Gasteiger partial charge in [0.2, 0.25) is 5.91 Å². The Morgan fingerprint density at radius 2 is 2.25 bits per heavy atom. The summed E-state index contributed by atoms with van der Waals surface area (Å²) in [7, 11) is 0. The maximum Gasteiger partial charge on any atom is 0.241 e. The number of nitrogens with one attached hydrogen (secondary N) is 2. The van der Waals surface area contributed by atoms with Crippen LogP contribution in [-0.2, 0) is 11.2 Å². The zero-order valence-corrected chi connectivity index (χ0v) is 11.7. The van der Waals surface area contributed by atoms with Crippen molar-refractivity contribution < 1.29 is 4.79 Å². The fourth-order valence-corrected chi connectivity index (χ4v) is 2.12. The molecule has 2 heterocycles. The molecule has 0 aliphatic heterocycles. The molecule has 0 aliphatic rings. The molecule has 0 saturated carbocycles. The summed E-state index contributed by atoms with van der Waals surface area (Å²) in [6.45, 7) is 4.20. The Balaban J connectivity index is 1.89. The van der Waals surface area contributed by atoms with Gasteiger partial charge in [-0.3, -0.25) is 14.9 Å². The summed E-state index contributed by atoms with van der Waals surface area (Å²) in [5.41, 5.74) is 9.27. The quantitative estimate of drug-likeness (QED) is 0.750. The first-order chi connectivity index (χ1) is 9.59. The predicted molar refractivity (Wildman–Crippen MR) is 75.9 cm³/mol. The van der Waals surface area contributed by atoms with Gasteiger partial charge in [0.15, 0.2) is 0 Å². The summed E-state index contributed by atoms with van der Waals surface area (Å²) in [5.74, 6) is -0.200. The Morgan fingerprint density at radius 3 is 2.85 bits per heavy atom. The van der Waals surface area contributed by atoms with E-state index in [0.29, 0.717) is 13.0 Å². The van der Waals surface area contributed by atoms with E-state index in [0.717, 1.165) is 22.6 Å². The SMILES string of the molecule is Cc1n[nH]c(C)c1C(N)C(=O)NCCc1ccccn1. The number of hydrogen-bond donors (Lipinski definition) is 3. The molecule has 4 N–H and O–H groups in total. The number of aryl methyl sites for hydroxylation is 2. The lowest BCUT2D eigenvalue weighted by atomic mass is 10.1. The first-order valence-electron chi connectivity index (χ1n) is 6.54. The Morgan fingerprint density at radius 1 is 1.45 bits per heavy atom. The number of aromatic amines is 1. The predicted octanol–water partition coefficient (Wildman–Crippen LogP) is 0.780. The molecule has 0 saturated heterocycles. The second kappa shape index (κ2) is 6.29. The number of rotatable bonds is 5. The van der Waals surface area contributed by atoms with E-state index < -0.39 is 6.04 Å². The normalized spacial score (nSPS) is 12.2. The largest absolute Gasteiger partial charge is 0.354 e. The van der Waals surface area contributed by atoms with E-state index in [-0.39, 0.29) is 5.91 Å². The van der Waals surface area contributed by atoms with Crippen LogP contribution in [0.3, 0.4) is 0 Å². The summed E-state index contributed by atoms with van der Waals surface area (Å²) in [5, 5.41) is 9.72. The molecule has 20 heavy (non-hydrogen) atoms. The monoisotopic (exact) mass is 273 g/mol. The molecular weight excluding hydrogens is 254 g/mol. The van der Waals surface area contributed by atoms with Gasteiger partial charge in [0.1, 0.15) is 6.04 Å². The van der Waals surface area contributed by atoms with Crippen LogP contribution < -0.4 is 11.1 Å². The van der Waals surface area contributed by atoms with Crippen molar-refractivity contribution in [3.63, 3.8) is 0 Å². The molecule has 1 atom stereocenters. The third-order valence-corrected chi connectivity index (χ3v) is 3.19. The van der Waals surface area contributed by atoms with Crippen LogP contribution in [0, 0.1) is 13.8 Å². The first-order valence-corrected chi connectivity index (χ1v) is 6.54. The Bertz CT molecular complexity index is 559. The van der Waals surface area contributed by atoms with Crippen LogP contribution >= 0.6 is 0 Å². The van der Waals surface area contributed by atoms with E-state index in [1.54, 1.807) is 6.20 Å². The summed E-state index contributed by atoms with van der Waals surface area (Å²) in [6.07, 6.45) is 2.42. The maximum absolute atomic E-state index is 12.0. The maximum atomic E-state index is 12.0. The molecule has 0 bridgehead atoms. The highest BCUT2D eigenvalue weighted by Gasteiger charge is 2.21. The third-order valence-electron chi connectivity index (χ3n) is 3.19. The molecule has 2 aromatic heterocycles. The number of carbonyl (C=O) groups excluding carboxylic acids is 1. The van der Waals surface area contributed by atoms with Crippen molar-refractivity contribution in [3.8, 4) is 0 Å². The fourth-order valence-electron chi connectivity index (χ4n) is 2.12. The second-order valence-corrected chi connectivity index (χ2v) is 4.69. The third kappa shape index (κ3) is 3.21. The van der Waals surface area contributed by atoms with Gasteiger partial charge in [-0.1, -0.05) is 6.07 Å². The zero-order valence-electron chi connectivity index (χ0n) is 11.7. The molecule has 106 valence electrons. The average molecular weight is 273 g/mol. The minimum absolute atomic E-state index is 0.200. The first kappa shape index (κ1) is 14.2. The molecule has 2 aromatic rings. The van der Waals surface area contributed by atoms with Crippen LogP contribution in [0.4, 0.5) is 0 Å². The van der Waals surface area contributed by atoms with E-state index in [9.17, 15) is 4.79 Å². The molecule has 0 aromatic carbocycles. The van der Waals surface area contributed by atoms with Crippen LogP contribution in [0.1, 0.15) is 28.7 Å². The number of nitrogens with two attached hydrogens (primary N) is 1. The zero-order chi connectivity index (χ0) is 14.5. The molecule has 0 spiro atoms. The number of carbonyl (C=O) groups is 1. The smallest absolute Gasteiger partial charge is 0.241 e. The van der Waals surface area contributed by atoms with E-state index in [1.807, 2.05) is 32.0 Å². The van der Waals surface area contributed by atoms with Crippen LogP contribution in [0.2, 0.25) is 0 Å². The number of aromatic nitrogens is 3. The Labute approximate surface area is 117 Å². The Hall–Kier alpha value is -2.21. The van der Waals surface area contributed by atoms with Crippen molar-refractivity contribution in [2.75, 3.05) is 6.54 Å². The van der Waals surface area contributed by atoms with Crippen LogP contribution in [-0.4, -0.2) is 27.6 Å². The van der Waals surface area contributed by atoms with E-state index >= 15 is 0 Å². The lowest BCUT2D eigenvalue weighted by Crippen LogP contribution is -2.35. The van der Waals surface area contributed by atoms with Gasteiger partial charge in [0.25, 0.3) is 0 Å². The van der Waals surface area contributed by atoms with E-state index in [4.69, 9.17) is 5.73 Å². The summed E-state index contributed by atoms with van der Waals surface area (Å²) in [4.78, 5) is 16.2. The van der Waals surface area contributed by atoms with Crippen molar-refractivity contribution in [1.29, 1.82) is 0 Å². The average Bonchev–Trinajstić information content (AvgIpc) is 2.78. The van der Waals surface area contributed by atoms with Gasteiger partial charge < -0.3 is 11.1 Å². The molecule has 6 heteroatoms. The van der Waals surface area contributed by atoms with Gasteiger partial charge in [0.05, 0.1) is 5.69 Å². The van der Waals surface area contributed by atoms with E-state index in [1.165, 1.54) is 0 Å². The standard InChI is InChI=1S/C14H19N5O/c1-9-12(10(2)19-18-9)13(15)14(20)17-8-6-11-5-3-4-7-16-11/h3-5,7,13H,6,8,15H2,1-2H3,(H,17,20)(H,18,19). The highest BCUT2D eigenvalue weighted by atomic mass is 16.2. The van der Waals surface area contributed by atoms with Crippen LogP contribution in [0.25, 0.3) is 0 Å². The van der Waals surface area contributed by atoms with Crippen molar-refractivity contribution in [1.82, 2.24) is 20.5 Å². The van der Waals surface area contributed by atoms with Gasteiger partial charge in [-0.25, -0.2) is 0 Å². The molecular formula is C14H19N5O. The highest BCUT2D eigenvalue weighted by molar-refractivity contribution is 5.83. The van der Waals surface area contributed by atoms with Crippen molar-refractivity contribution >= 4 is 5.91 Å².